The number of thioether (sulfide) groups is 1. The zero-order valence-corrected chi connectivity index (χ0v) is 12.2. The summed E-state index contributed by atoms with van der Waals surface area (Å²) in [5, 5.41) is 9.04. The second-order valence-electron chi connectivity index (χ2n) is 5.68. The number of rotatable bonds is 5. The van der Waals surface area contributed by atoms with Crippen LogP contribution < -0.4 is 5.73 Å². The van der Waals surface area contributed by atoms with Crippen molar-refractivity contribution in [2.75, 3.05) is 12.3 Å². The predicted octanol–water partition coefficient (Wildman–Crippen LogP) is 2.94. The van der Waals surface area contributed by atoms with E-state index in [2.05, 4.69) is 12.1 Å². The Morgan fingerprint density at radius 3 is 2.55 bits per heavy atom. The number of carbonyl (C=O) groups is 1. The van der Waals surface area contributed by atoms with Gasteiger partial charge in [-0.2, -0.15) is 0 Å². The molecule has 0 aromatic heterocycles. The second kappa shape index (κ2) is 5.66. The van der Waals surface area contributed by atoms with E-state index >= 15 is 0 Å². The van der Waals surface area contributed by atoms with Crippen molar-refractivity contribution in [3.8, 4) is 0 Å². The molecule has 3 N–H and O–H groups in total. The number of likely N-dealkylation sites (tertiary alicyclic amines) is 1. The van der Waals surface area contributed by atoms with Crippen molar-refractivity contribution in [1.82, 2.24) is 4.90 Å². The van der Waals surface area contributed by atoms with E-state index in [4.69, 9.17) is 10.8 Å². The van der Waals surface area contributed by atoms with Crippen LogP contribution in [0.5, 0.6) is 0 Å². The number of nitrogens with zero attached hydrogens (tertiary/aromatic N) is 1. The predicted molar refractivity (Wildman–Crippen MR) is 80.0 cm³/mol. The monoisotopic (exact) mass is 292 g/mol. The Bertz CT molecular complexity index is 487. The minimum absolute atomic E-state index is 0.0718. The van der Waals surface area contributed by atoms with Gasteiger partial charge in [0.15, 0.2) is 0 Å². The molecule has 1 aliphatic heterocycles. The second-order valence-corrected chi connectivity index (χ2v) is 6.77. The van der Waals surface area contributed by atoms with Crippen molar-refractivity contribution in [3.05, 3.63) is 29.8 Å². The minimum Gasteiger partial charge on any atom is -0.465 e. The fourth-order valence-corrected chi connectivity index (χ4v) is 3.62. The Hall–Kier alpha value is -1.20. The van der Waals surface area contributed by atoms with Crippen LogP contribution in [-0.4, -0.2) is 34.4 Å². The van der Waals surface area contributed by atoms with Crippen LogP contribution in [0.15, 0.2) is 29.2 Å². The standard InChI is InChI=1S/C15H20N2O2S/c16-14(13-7-8-17(13)15(18)19)11-3-5-12(6-4-11)20-9-10-1-2-10/h3-6,10,13-14H,1-2,7-9,16H2,(H,18,19)/t13-,14?/m0/s1. The SMILES string of the molecule is NC(c1ccc(SCC2CC2)cc1)[C@@H]1CCN1C(=O)O. The molecule has 0 bridgehead atoms. The van der Waals surface area contributed by atoms with E-state index in [1.807, 2.05) is 23.9 Å². The Balaban J connectivity index is 1.59. The third kappa shape index (κ3) is 2.94. The van der Waals surface area contributed by atoms with Crippen molar-refractivity contribution >= 4 is 17.9 Å². The van der Waals surface area contributed by atoms with Gasteiger partial charge in [0.25, 0.3) is 0 Å². The Morgan fingerprint density at radius 1 is 1.35 bits per heavy atom. The third-order valence-corrected chi connectivity index (χ3v) is 5.42. The van der Waals surface area contributed by atoms with Gasteiger partial charge in [0.2, 0.25) is 0 Å². The molecule has 0 radical (unpaired) electrons. The van der Waals surface area contributed by atoms with E-state index in [9.17, 15) is 4.79 Å². The average molecular weight is 292 g/mol. The first-order valence-electron chi connectivity index (χ1n) is 7.13. The molecular formula is C15H20N2O2S. The van der Waals surface area contributed by atoms with Crippen LogP contribution >= 0.6 is 11.8 Å². The summed E-state index contributed by atoms with van der Waals surface area (Å²) >= 11 is 1.90. The molecule has 1 saturated carbocycles. The van der Waals surface area contributed by atoms with Crippen molar-refractivity contribution in [2.45, 2.75) is 36.2 Å². The minimum atomic E-state index is -0.867. The third-order valence-electron chi connectivity index (χ3n) is 4.17. The number of carboxylic acid groups (broad SMARTS) is 1. The summed E-state index contributed by atoms with van der Waals surface area (Å²) in [5.74, 6) is 2.13. The lowest BCUT2D eigenvalue weighted by Crippen LogP contribution is -2.55. The Morgan fingerprint density at radius 2 is 2.05 bits per heavy atom. The zero-order valence-electron chi connectivity index (χ0n) is 11.4. The molecule has 0 spiro atoms. The van der Waals surface area contributed by atoms with Gasteiger partial charge in [0.05, 0.1) is 12.1 Å². The van der Waals surface area contributed by atoms with Gasteiger partial charge in [-0.1, -0.05) is 12.1 Å². The quantitative estimate of drug-likeness (QED) is 0.819. The van der Waals surface area contributed by atoms with Gasteiger partial charge in [-0.3, -0.25) is 0 Å². The molecule has 1 aliphatic carbocycles. The number of amides is 1. The Kier molecular flexibility index (Phi) is 3.89. The van der Waals surface area contributed by atoms with E-state index in [1.165, 1.54) is 28.4 Å². The van der Waals surface area contributed by atoms with Gasteiger partial charge in [0.1, 0.15) is 0 Å². The maximum absolute atomic E-state index is 11.0. The number of benzene rings is 1. The number of hydrogen-bond acceptors (Lipinski definition) is 3. The largest absolute Gasteiger partial charge is 0.465 e. The van der Waals surface area contributed by atoms with E-state index in [0.29, 0.717) is 6.54 Å². The van der Waals surface area contributed by atoms with Crippen LogP contribution in [0.2, 0.25) is 0 Å². The van der Waals surface area contributed by atoms with Crippen LogP contribution in [0.3, 0.4) is 0 Å². The molecule has 1 heterocycles. The molecule has 1 amide bonds. The van der Waals surface area contributed by atoms with E-state index in [-0.39, 0.29) is 12.1 Å². The average Bonchev–Trinajstić information content (AvgIpc) is 3.19. The highest BCUT2D eigenvalue weighted by Gasteiger charge is 2.36. The van der Waals surface area contributed by atoms with Crippen molar-refractivity contribution in [1.29, 1.82) is 0 Å². The molecule has 1 unspecified atom stereocenters. The molecule has 1 aromatic carbocycles. The molecule has 2 aliphatic rings. The summed E-state index contributed by atoms with van der Waals surface area (Å²) in [7, 11) is 0. The lowest BCUT2D eigenvalue weighted by molar-refractivity contribution is 0.0630. The number of nitrogens with two attached hydrogens (primary N) is 1. The molecule has 4 nitrogen and oxygen atoms in total. The van der Waals surface area contributed by atoms with Crippen molar-refractivity contribution in [3.63, 3.8) is 0 Å². The summed E-state index contributed by atoms with van der Waals surface area (Å²) in [5.41, 5.74) is 7.22. The van der Waals surface area contributed by atoms with Gasteiger partial charge in [-0.25, -0.2) is 4.79 Å². The molecule has 20 heavy (non-hydrogen) atoms. The summed E-state index contributed by atoms with van der Waals surface area (Å²) in [6.07, 6.45) is 2.74. The van der Waals surface area contributed by atoms with Crippen LogP contribution in [-0.2, 0) is 0 Å². The molecular weight excluding hydrogens is 272 g/mol. The van der Waals surface area contributed by atoms with Crippen molar-refractivity contribution in [2.24, 2.45) is 11.7 Å². The zero-order chi connectivity index (χ0) is 14.1. The molecule has 1 aromatic rings. The normalized spacial score (nSPS) is 23.2. The topological polar surface area (TPSA) is 66.6 Å². The van der Waals surface area contributed by atoms with Gasteiger partial charge >= 0.3 is 6.09 Å². The maximum Gasteiger partial charge on any atom is 0.407 e. The van der Waals surface area contributed by atoms with Crippen LogP contribution in [0.4, 0.5) is 4.79 Å². The first-order chi connectivity index (χ1) is 9.65. The summed E-state index contributed by atoms with van der Waals surface area (Å²) < 4.78 is 0. The summed E-state index contributed by atoms with van der Waals surface area (Å²) in [6.45, 7) is 0.600. The van der Waals surface area contributed by atoms with Crippen LogP contribution in [0.25, 0.3) is 0 Å². The molecule has 2 atom stereocenters. The number of hydrogen-bond donors (Lipinski definition) is 2. The summed E-state index contributed by atoms with van der Waals surface area (Å²) in [4.78, 5) is 13.7. The molecule has 1 saturated heterocycles. The van der Waals surface area contributed by atoms with Gasteiger partial charge < -0.3 is 15.7 Å². The van der Waals surface area contributed by atoms with Crippen LogP contribution in [0, 0.1) is 5.92 Å². The van der Waals surface area contributed by atoms with E-state index in [1.54, 1.807) is 0 Å². The highest BCUT2D eigenvalue weighted by molar-refractivity contribution is 7.99. The van der Waals surface area contributed by atoms with Gasteiger partial charge in [-0.05, 0) is 42.9 Å². The maximum atomic E-state index is 11.0. The van der Waals surface area contributed by atoms with Gasteiger partial charge in [0, 0.05) is 17.2 Å². The van der Waals surface area contributed by atoms with Gasteiger partial charge in [-0.15, -0.1) is 11.8 Å². The highest BCUT2D eigenvalue weighted by Crippen LogP contribution is 2.35. The fraction of sp³-hybridized carbons (Fsp3) is 0.533. The molecule has 5 heteroatoms. The molecule has 108 valence electrons. The smallest absolute Gasteiger partial charge is 0.407 e. The van der Waals surface area contributed by atoms with E-state index in [0.717, 1.165) is 17.9 Å². The lowest BCUT2D eigenvalue weighted by atomic mass is 9.91. The fourth-order valence-electron chi connectivity index (χ4n) is 2.53. The highest BCUT2D eigenvalue weighted by atomic mass is 32.2. The lowest BCUT2D eigenvalue weighted by Gasteiger charge is -2.42. The molecule has 3 rings (SSSR count). The van der Waals surface area contributed by atoms with Crippen LogP contribution in [0.1, 0.15) is 30.9 Å². The Labute approximate surface area is 123 Å². The summed E-state index contributed by atoms with van der Waals surface area (Å²) in [6, 6.07) is 7.99. The first-order valence-corrected chi connectivity index (χ1v) is 8.11. The van der Waals surface area contributed by atoms with E-state index < -0.39 is 6.09 Å². The first kappa shape index (κ1) is 13.8. The van der Waals surface area contributed by atoms with Crippen molar-refractivity contribution < 1.29 is 9.90 Å². The molecule has 2 fully saturated rings.